The maximum absolute atomic E-state index is 2.46. The summed E-state index contributed by atoms with van der Waals surface area (Å²) in [6, 6.07) is 0. The molecule has 1 aliphatic rings. The van der Waals surface area contributed by atoms with E-state index in [9.17, 15) is 0 Å². The highest BCUT2D eigenvalue weighted by Crippen LogP contribution is 2.50. The Morgan fingerprint density at radius 1 is 1.40 bits per heavy atom. The van der Waals surface area contributed by atoms with Crippen LogP contribution in [0.15, 0.2) is 0 Å². The van der Waals surface area contributed by atoms with E-state index in [1.165, 1.54) is 32.1 Å². The lowest BCUT2D eigenvalue weighted by molar-refractivity contribution is 0.0388. The van der Waals surface area contributed by atoms with Crippen LogP contribution in [0.5, 0.6) is 0 Å². The van der Waals surface area contributed by atoms with Gasteiger partial charge < -0.3 is 0 Å². The quantitative estimate of drug-likeness (QED) is 0.561. The topological polar surface area (TPSA) is 0 Å². The van der Waals surface area contributed by atoms with Gasteiger partial charge in [-0.3, -0.25) is 0 Å². The van der Waals surface area contributed by atoms with Crippen molar-refractivity contribution in [1.82, 2.24) is 0 Å². The van der Waals surface area contributed by atoms with Gasteiger partial charge in [-0.15, -0.1) is 0 Å². The largest absolute Gasteiger partial charge is 0.0654 e. The average molecular weight is 140 g/mol. The van der Waals surface area contributed by atoms with Crippen molar-refractivity contribution >= 4 is 0 Å². The normalized spacial score (nSPS) is 39.3. The van der Waals surface area contributed by atoms with Gasteiger partial charge in [0, 0.05) is 0 Å². The fourth-order valence-corrected chi connectivity index (χ4v) is 2.15. The summed E-state index contributed by atoms with van der Waals surface area (Å²) in [4.78, 5) is 0. The second-order valence-electron chi connectivity index (χ2n) is 4.03. The molecule has 0 spiro atoms. The second-order valence-corrected chi connectivity index (χ2v) is 4.03. The first-order valence-corrected chi connectivity index (χ1v) is 4.73. The minimum Gasteiger partial charge on any atom is -0.0654 e. The fourth-order valence-electron chi connectivity index (χ4n) is 2.15. The molecule has 1 aliphatic carbocycles. The number of hydrogen-bond donors (Lipinski definition) is 0. The minimum atomic E-state index is 0.732. The monoisotopic (exact) mass is 140 g/mol. The molecule has 0 aromatic carbocycles. The van der Waals surface area contributed by atoms with Crippen LogP contribution in [0.25, 0.3) is 0 Å². The first-order valence-electron chi connectivity index (χ1n) is 4.73. The van der Waals surface area contributed by atoms with Crippen molar-refractivity contribution in [2.45, 2.75) is 52.9 Å². The third-order valence-corrected chi connectivity index (χ3v) is 3.49. The summed E-state index contributed by atoms with van der Waals surface area (Å²) in [5.41, 5.74) is 0.732. The van der Waals surface area contributed by atoms with Crippen LogP contribution < -0.4 is 0 Å². The van der Waals surface area contributed by atoms with Gasteiger partial charge in [-0.1, -0.05) is 40.0 Å². The SMILES string of the molecule is CCCC1CCC1(C)CC. The zero-order chi connectivity index (χ0) is 7.61. The molecule has 0 aromatic heterocycles. The summed E-state index contributed by atoms with van der Waals surface area (Å²) in [5, 5.41) is 0. The third kappa shape index (κ3) is 1.21. The minimum absolute atomic E-state index is 0.732. The van der Waals surface area contributed by atoms with Crippen molar-refractivity contribution in [3.8, 4) is 0 Å². The molecule has 2 unspecified atom stereocenters. The van der Waals surface area contributed by atoms with Gasteiger partial charge in [0.2, 0.25) is 0 Å². The van der Waals surface area contributed by atoms with Crippen molar-refractivity contribution in [3.05, 3.63) is 0 Å². The number of hydrogen-bond acceptors (Lipinski definition) is 0. The standard InChI is InChI=1S/C10H20/c1-4-6-9-7-8-10(9,3)5-2/h9H,4-8H2,1-3H3. The molecule has 1 saturated carbocycles. The third-order valence-electron chi connectivity index (χ3n) is 3.49. The van der Waals surface area contributed by atoms with Crippen LogP contribution in [0.2, 0.25) is 0 Å². The van der Waals surface area contributed by atoms with E-state index in [-0.39, 0.29) is 0 Å². The fraction of sp³-hybridized carbons (Fsp3) is 1.00. The number of rotatable bonds is 3. The summed E-state index contributed by atoms with van der Waals surface area (Å²) < 4.78 is 0. The highest BCUT2D eigenvalue weighted by Gasteiger charge is 2.39. The summed E-state index contributed by atoms with van der Waals surface area (Å²) in [7, 11) is 0. The zero-order valence-electron chi connectivity index (χ0n) is 7.61. The average Bonchev–Trinajstić information content (AvgIpc) is 1.96. The Morgan fingerprint density at radius 3 is 2.40 bits per heavy atom. The second kappa shape index (κ2) is 2.94. The molecule has 1 rings (SSSR count). The molecule has 0 saturated heterocycles. The van der Waals surface area contributed by atoms with Crippen LogP contribution in [-0.4, -0.2) is 0 Å². The maximum Gasteiger partial charge on any atom is -0.0300 e. The molecule has 0 N–H and O–H groups in total. The smallest absolute Gasteiger partial charge is 0.0300 e. The Morgan fingerprint density at radius 2 is 2.10 bits per heavy atom. The Bertz CT molecular complexity index is 103. The lowest BCUT2D eigenvalue weighted by Crippen LogP contribution is -2.36. The van der Waals surface area contributed by atoms with E-state index in [1.54, 1.807) is 0 Å². The van der Waals surface area contributed by atoms with Crippen molar-refractivity contribution in [2.75, 3.05) is 0 Å². The lowest BCUT2D eigenvalue weighted by atomic mass is 9.58. The van der Waals surface area contributed by atoms with Crippen LogP contribution in [0.3, 0.4) is 0 Å². The summed E-state index contributed by atoms with van der Waals surface area (Å²) in [5.74, 6) is 1.06. The molecule has 10 heavy (non-hydrogen) atoms. The Hall–Kier alpha value is 0. The molecule has 0 bridgehead atoms. The Kier molecular flexibility index (Phi) is 2.38. The van der Waals surface area contributed by atoms with Crippen molar-refractivity contribution < 1.29 is 0 Å². The van der Waals surface area contributed by atoms with E-state index in [0.717, 1.165) is 11.3 Å². The first kappa shape index (κ1) is 8.10. The van der Waals surface area contributed by atoms with Gasteiger partial charge in [0.1, 0.15) is 0 Å². The van der Waals surface area contributed by atoms with Gasteiger partial charge in [-0.05, 0) is 24.2 Å². The highest BCUT2D eigenvalue weighted by atomic mass is 14.4. The molecule has 0 radical (unpaired) electrons. The van der Waals surface area contributed by atoms with E-state index >= 15 is 0 Å². The molecule has 0 heteroatoms. The van der Waals surface area contributed by atoms with Gasteiger partial charge in [-0.2, -0.15) is 0 Å². The van der Waals surface area contributed by atoms with Crippen molar-refractivity contribution in [1.29, 1.82) is 0 Å². The molecule has 0 nitrogen and oxygen atoms in total. The van der Waals surface area contributed by atoms with E-state index in [1.807, 2.05) is 0 Å². The predicted molar refractivity (Wildman–Crippen MR) is 46.0 cm³/mol. The summed E-state index contributed by atoms with van der Waals surface area (Å²) in [6.07, 6.45) is 7.20. The van der Waals surface area contributed by atoms with Gasteiger partial charge in [0.15, 0.2) is 0 Å². The van der Waals surface area contributed by atoms with Crippen molar-refractivity contribution in [2.24, 2.45) is 11.3 Å². The maximum atomic E-state index is 2.46. The first-order chi connectivity index (χ1) is 4.73. The Balaban J connectivity index is 2.34. The molecule has 0 heterocycles. The molecule has 60 valence electrons. The molecule has 0 aromatic rings. The van der Waals surface area contributed by atoms with E-state index in [4.69, 9.17) is 0 Å². The van der Waals surface area contributed by atoms with E-state index < -0.39 is 0 Å². The molecular weight excluding hydrogens is 120 g/mol. The van der Waals surface area contributed by atoms with Crippen LogP contribution in [0, 0.1) is 11.3 Å². The van der Waals surface area contributed by atoms with Crippen LogP contribution in [0.1, 0.15) is 52.9 Å². The van der Waals surface area contributed by atoms with Gasteiger partial charge >= 0.3 is 0 Å². The molecular formula is C10H20. The zero-order valence-corrected chi connectivity index (χ0v) is 7.61. The molecule has 1 fully saturated rings. The summed E-state index contributed by atoms with van der Waals surface area (Å²) in [6.45, 7) is 7.09. The lowest BCUT2D eigenvalue weighted by Gasteiger charge is -2.47. The van der Waals surface area contributed by atoms with E-state index in [0.29, 0.717) is 0 Å². The van der Waals surface area contributed by atoms with Crippen LogP contribution in [-0.2, 0) is 0 Å². The van der Waals surface area contributed by atoms with E-state index in [2.05, 4.69) is 20.8 Å². The Labute approximate surface area is 65.0 Å². The predicted octanol–water partition coefficient (Wildman–Crippen LogP) is 3.61. The van der Waals surface area contributed by atoms with Crippen LogP contribution >= 0.6 is 0 Å². The summed E-state index contributed by atoms with van der Waals surface area (Å²) >= 11 is 0. The molecule has 2 atom stereocenters. The van der Waals surface area contributed by atoms with Gasteiger partial charge in [0.05, 0.1) is 0 Å². The van der Waals surface area contributed by atoms with Gasteiger partial charge in [0.25, 0.3) is 0 Å². The molecule has 0 amide bonds. The van der Waals surface area contributed by atoms with Crippen LogP contribution in [0.4, 0.5) is 0 Å². The van der Waals surface area contributed by atoms with Gasteiger partial charge in [-0.25, -0.2) is 0 Å². The highest BCUT2D eigenvalue weighted by molar-refractivity contribution is 4.90. The molecule has 0 aliphatic heterocycles. The van der Waals surface area contributed by atoms with Crippen molar-refractivity contribution in [3.63, 3.8) is 0 Å².